The summed E-state index contributed by atoms with van der Waals surface area (Å²) in [6.07, 6.45) is 8.03. The van der Waals surface area contributed by atoms with Gasteiger partial charge in [-0.25, -0.2) is 0 Å². The van der Waals surface area contributed by atoms with E-state index in [4.69, 9.17) is 5.73 Å². The first-order valence-corrected chi connectivity index (χ1v) is 9.49. The Morgan fingerprint density at radius 2 is 1.62 bits per heavy atom. The molecule has 1 spiro atoms. The lowest BCUT2D eigenvalue weighted by molar-refractivity contribution is -0.141. The Balaban J connectivity index is 0.00000121. The van der Waals surface area contributed by atoms with Gasteiger partial charge in [0.2, 0.25) is 5.91 Å². The number of benzene rings is 1. The first-order valence-electron chi connectivity index (χ1n) is 9.49. The molecule has 0 radical (unpaired) electrons. The van der Waals surface area contributed by atoms with Crippen LogP contribution in [0.2, 0.25) is 0 Å². The van der Waals surface area contributed by atoms with Crippen LogP contribution in [0.3, 0.4) is 0 Å². The molecule has 1 amide bonds. The maximum Gasteiger partial charge on any atom is 0.242 e. The topological polar surface area (TPSA) is 49.6 Å². The lowest BCUT2D eigenvalue weighted by atomic mass is 9.78. The second kappa shape index (κ2) is 8.47. The highest BCUT2D eigenvalue weighted by Crippen LogP contribution is 2.40. The number of amides is 1. The maximum absolute atomic E-state index is 12.8. The molecular weight excluding hydrogens is 369 g/mol. The summed E-state index contributed by atoms with van der Waals surface area (Å²) in [5.41, 5.74) is 7.20. The zero-order chi connectivity index (χ0) is 16.6. The van der Waals surface area contributed by atoms with Gasteiger partial charge in [-0.2, -0.15) is 0 Å². The first kappa shape index (κ1) is 21.5. The molecule has 1 heterocycles. The number of halogens is 2. The molecule has 2 N–H and O–H groups in total. The first-order chi connectivity index (χ1) is 11.6. The van der Waals surface area contributed by atoms with Gasteiger partial charge < -0.3 is 10.6 Å². The van der Waals surface area contributed by atoms with E-state index in [1.54, 1.807) is 0 Å². The lowest BCUT2D eigenvalue weighted by Crippen LogP contribution is -2.65. The van der Waals surface area contributed by atoms with Gasteiger partial charge in [-0.1, -0.05) is 49.6 Å². The molecule has 0 aromatic heterocycles. The van der Waals surface area contributed by atoms with E-state index in [9.17, 15) is 4.79 Å². The number of rotatable bonds is 3. The molecule has 6 heteroatoms. The van der Waals surface area contributed by atoms with E-state index >= 15 is 0 Å². The van der Waals surface area contributed by atoms with Crippen molar-refractivity contribution in [2.24, 2.45) is 5.73 Å². The molecule has 0 unspecified atom stereocenters. The summed E-state index contributed by atoms with van der Waals surface area (Å²) in [6.45, 7) is 3.66. The average molecular weight is 400 g/mol. The smallest absolute Gasteiger partial charge is 0.242 e. The van der Waals surface area contributed by atoms with Gasteiger partial charge in [-0.15, -0.1) is 24.8 Å². The SMILES string of the molecule is Cl.Cl.NC1(C(=O)N2CCN(Cc3ccccc3)C3(CCCCC3)C2)CC1. The van der Waals surface area contributed by atoms with Gasteiger partial charge >= 0.3 is 0 Å². The van der Waals surface area contributed by atoms with Crippen LogP contribution in [-0.4, -0.2) is 46.4 Å². The van der Waals surface area contributed by atoms with Crippen molar-refractivity contribution < 1.29 is 4.79 Å². The molecule has 0 bridgehead atoms. The lowest BCUT2D eigenvalue weighted by Gasteiger charge is -2.53. The fraction of sp³-hybridized carbons (Fsp3) is 0.650. The van der Waals surface area contributed by atoms with E-state index in [1.165, 1.54) is 37.7 Å². The summed E-state index contributed by atoms with van der Waals surface area (Å²) < 4.78 is 0. The largest absolute Gasteiger partial charge is 0.338 e. The highest BCUT2D eigenvalue weighted by Gasteiger charge is 2.51. The Bertz CT molecular complexity index is 600. The zero-order valence-corrected chi connectivity index (χ0v) is 17.0. The molecule has 4 nitrogen and oxygen atoms in total. The summed E-state index contributed by atoms with van der Waals surface area (Å²) in [7, 11) is 0. The quantitative estimate of drug-likeness (QED) is 0.847. The van der Waals surface area contributed by atoms with Crippen molar-refractivity contribution in [3.8, 4) is 0 Å². The summed E-state index contributed by atoms with van der Waals surface area (Å²) in [6, 6.07) is 10.7. The summed E-state index contributed by atoms with van der Waals surface area (Å²) in [5.74, 6) is 0.201. The second-order valence-corrected chi connectivity index (χ2v) is 8.08. The van der Waals surface area contributed by atoms with Crippen molar-refractivity contribution in [3.05, 3.63) is 35.9 Å². The van der Waals surface area contributed by atoms with Gasteiger partial charge in [-0.05, 0) is 31.2 Å². The Morgan fingerprint density at radius 3 is 2.23 bits per heavy atom. The van der Waals surface area contributed by atoms with Crippen molar-refractivity contribution in [2.45, 2.75) is 62.6 Å². The van der Waals surface area contributed by atoms with Crippen molar-refractivity contribution in [1.82, 2.24) is 9.80 Å². The van der Waals surface area contributed by atoms with Crippen LogP contribution in [0.4, 0.5) is 0 Å². The Labute approximate surface area is 169 Å². The van der Waals surface area contributed by atoms with E-state index < -0.39 is 5.54 Å². The van der Waals surface area contributed by atoms with E-state index in [2.05, 4.69) is 40.1 Å². The van der Waals surface area contributed by atoms with Crippen LogP contribution in [0.1, 0.15) is 50.5 Å². The molecule has 1 aromatic carbocycles. The molecular formula is C20H31Cl2N3O. The van der Waals surface area contributed by atoms with Crippen molar-refractivity contribution >= 4 is 30.7 Å². The highest BCUT2D eigenvalue weighted by atomic mass is 35.5. The van der Waals surface area contributed by atoms with E-state index in [-0.39, 0.29) is 36.3 Å². The van der Waals surface area contributed by atoms with Gasteiger partial charge in [0.1, 0.15) is 0 Å². The second-order valence-electron chi connectivity index (χ2n) is 8.08. The predicted molar refractivity (Wildman–Crippen MR) is 110 cm³/mol. The van der Waals surface area contributed by atoms with E-state index in [0.29, 0.717) is 0 Å². The Kier molecular flexibility index (Phi) is 7.00. The van der Waals surface area contributed by atoms with E-state index in [0.717, 1.165) is 39.0 Å². The van der Waals surface area contributed by atoms with Crippen LogP contribution in [-0.2, 0) is 11.3 Å². The van der Waals surface area contributed by atoms with Crippen LogP contribution in [0.15, 0.2) is 30.3 Å². The van der Waals surface area contributed by atoms with Crippen LogP contribution in [0, 0.1) is 0 Å². The van der Waals surface area contributed by atoms with Crippen molar-refractivity contribution in [2.75, 3.05) is 19.6 Å². The van der Waals surface area contributed by atoms with Crippen LogP contribution in [0.5, 0.6) is 0 Å². The van der Waals surface area contributed by atoms with Crippen LogP contribution in [0.25, 0.3) is 0 Å². The molecule has 26 heavy (non-hydrogen) atoms. The fourth-order valence-electron chi connectivity index (χ4n) is 4.58. The average Bonchev–Trinajstić information content (AvgIpc) is 3.37. The number of hydrogen-bond donors (Lipinski definition) is 1. The third kappa shape index (κ3) is 4.19. The maximum atomic E-state index is 12.8. The molecule has 3 aliphatic rings. The van der Waals surface area contributed by atoms with E-state index in [1.807, 2.05) is 0 Å². The van der Waals surface area contributed by atoms with Gasteiger partial charge in [0.15, 0.2) is 0 Å². The Hall–Kier alpha value is -0.810. The minimum atomic E-state index is -0.530. The number of nitrogens with two attached hydrogens (primary N) is 1. The summed E-state index contributed by atoms with van der Waals surface area (Å²) >= 11 is 0. The molecule has 146 valence electrons. The minimum Gasteiger partial charge on any atom is -0.338 e. The highest BCUT2D eigenvalue weighted by molar-refractivity contribution is 5.89. The number of carbonyl (C=O) groups excluding carboxylic acids is 1. The molecule has 3 fully saturated rings. The summed E-state index contributed by atoms with van der Waals surface area (Å²) in [5, 5.41) is 0. The molecule has 0 atom stereocenters. The molecule has 4 rings (SSSR count). The molecule has 2 aliphatic carbocycles. The normalized spacial score (nSPS) is 23.7. The van der Waals surface area contributed by atoms with Gasteiger partial charge in [-0.3, -0.25) is 9.69 Å². The van der Waals surface area contributed by atoms with Gasteiger partial charge in [0.25, 0.3) is 0 Å². The molecule has 1 aliphatic heterocycles. The molecule has 1 saturated heterocycles. The number of nitrogens with zero attached hydrogens (tertiary/aromatic N) is 2. The van der Waals surface area contributed by atoms with Crippen molar-refractivity contribution in [3.63, 3.8) is 0 Å². The standard InChI is InChI=1S/C20H29N3O.2ClH/c21-20(11-12-20)18(24)22-13-14-23(15-17-7-3-1-4-8-17)19(16-22)9-5-2-6-10-19;;/h1,3-4,7-8H,2,5-6,9-16,21H2;2*1H. The fourth-order valence-corrected chi connectivity index (χ4v) is 4.58. The zero-order valence-electron chi connectivity index (χ0n) is 15.4. The summed E-state index contributed by atoms with van der Waals surface area (Å²) in [4.78, 5) is 17.5. The molecule has 2 saturated carbocycles. The van der Waals surface area contributed by atoms with Crippen LogP contribution >= 0.6 is 24.8 Å². The van der Waals surface area contributed by atoms with Crippen LogP contribution < -0.4 is 5.73 Å². The number of piperazine rings is 1. The minimum absolute atomic E-state index is 0. The van der Waals surface area contributed by atoms with Crippen molar-refractivity contribution in [1.29, 1.82) is 0 Å². The molecule has 1 aromatic rings. The predicted octanol–water partition coefficient (Wildman–Crippen LogP) is 3.37. The number of hydrogen-bond acceptors (Lipinski definition) is 3. The van der Waals surface area contributed by atoms with Gasteiger partial charge in [0, 0.05) is 31.7 Å². The third-order valence-corrected chi connectivity index (χ3v) is 6.30. The third-order valence-electron chi connectivity index (χ3n) is 6.30. The monoisotopic (exact) mass is 399 g/mol. The van der Waals surface area contributed by atoms with Gasteiger partial charge in [0.05, 0.1) is 5.54 Å². The Morgan fingerprint density at radius 1 is 0.962 bits per heavy atom. The number of carbonyl (C=O) groups is 1.